The molecule has 1 atom stereocenters. The lowest BCUT2D eigenvalue weighted by Gasteiger charge is -2.19. The van der Waals surface area contributed by atoms with Gasteiger partial charge in [0.2, 0.25) is 0 Å². The minimum atomic E-state index is -4.73. The van der Waals surface area contributed by atoms with Crippen molar-refractivity contribution in [3.05, 3.63) is 57.8 Å². The summed E-state index contributed by atoms with van der Waals surface area (Å²) in [4.78, 5) is 21.8. The summed E-state index contributed by atoms with van der Waals surface area (Å²) in [5.41, 5.74) is 0.427. The minimum absolute atomic E-state index is 0.0301. The summed E-state index contributed by atoms with van der Waals surface area (Å²) in [5.74, 6) is -0.312. The van der Waals surface area contributed by atoms with Crippen LogP contribution in [-0.4, -0.2) is 23.2 Å². The van der Waals surface area contributed by atoms with Crippen LogP contribution in [0.5, 0.6) is 0 Å². The molecule has 0 heterocycles. The molecule has 128 valence electrons. The van der Waals surface area contributed by atoms with Crippen molar-refractivity contribution in [1.29, 1.82) is 0 Å². The van der Waals surface area contributed by atoms with E-state index < -0.39 is 17.4 Å². The molecule has 0 saturated carbocycles. The summed E-state index contributed by atoms with van der Waals surface area (Å²) < 4.78 is 40.3. The molecule has 0 amide bonds. The number of ether oxygens (including phenoxy) is 1. The van der Waals surface area contributed by atoms with Gasteiger partial charge < -0.3 is 5.32 Å². The Bertz CT molecular complexity index is 726. The third-order valence-electron chi connectivity index (χ3n) is 3.23. The molecule has 9 heteroatoms. The van der Waals surface area contributed by atoms with Crippen LogP contribution in [0.25, 0.3) is 0 Å². The summed E-state index contributed by atoms with van der Waals surface area (Å²) in [6, 6.07) is 3.95. The van der Waals surface area contributed by atoms with Gasteiger partial charge in [-0.3, -0.25) is 19.6 Å². The van der Waals surface area contributed by atoms with Gasteiger partial charge in [-0.15, -0.1) is 13.2 Å². The first kappa shape index (κ1) is 17.7. The fourth-order valence-corrected chi connectivity index (χ4v) is 2.12. The van der Waals surface area contributed by atoms with Gasteiger partial charge in [-0.25, -0.2) is 0 Å². The Balaban J connectivity index is 2.14. The maximum Gasteiger partial charge on any atom is 0.523 e. The highest BCUT2D eigenvalue weighted by molar-refractivity contribution is 5.95. The zero-order valence-electron chi connectivity index (χ0n) is 12.5. The zero-order chi connectivity index (χ0) is 17.9. The number of anilines is 1. The average Bonchev–Trinajstić information content (AvgIpc) is 2.47. The van der Waals surface area contributed by atoms with Gasteiger partial charge in [0.1, 0.15) is 5.69 Å². The van der Waals surface area contributed by atoms with E-state index in [0.29, 0.717) is 5.70 Å². The van der Waals surface area contributed by atoms with E-state index >= 15 is 0 Å². The maximum absolute atomic E-state index is 12.1. The average molecular weight is 342 g/mol. The van der Waals surface area contributed by atoms with Crippen molar-refractivity contribution in [3.8, 4) is 0 Å². The SMILES string of the molecule is CC(=O)c1ccc(NC2=CCC(OC(F)(F)F)C=C2)c([N+](=O)[O-])c1. The highest BCUT2D eigenvalue weighted by Gasteiger charge is 2.32. The van der Waals surface area contributed by atoms with Crippen LogP contribution in [0.15, 0.2) is 42.1 Å². The quantitative estimate of drug-likeness (QED) is 0.498. The molecule has 0 saturated heterocycles. The molecular weight excluding hydrogens is 329 g/mol. The Morgan fingerprint density at radius 2 is 2.12 bits per heavy atom. The lowest BCUT2D eigenvalue weighted by Crippen LogP contribution is -2.23. The number of benzene rings is 1. The summed E-state index contributed by atoms with van der Waals surface area (Å²) in [5, 5.41) is 13.9. The number of ketones is 1. The largest absolute Gasteiger partial charge is 0.523 e. The second-order valence-corrected chi connectivity index (χ2v) is 5.03. The Morgan fingerprint density at radius 1 is 1.42 bits per heavy atom. The van der Waals surface area contributed by atoms with E-state index in [4.69, 9.17) is 0 Å². The van der Waals surface area contributed by atoms with Crippen LogP contribution in [0, 0.1) is 10.1 Å². The normalized spacial score (nSPS) is 17.3. The maximum atomic E-state index is 12.1. The number of nitro groups is 1. The fourth-order valence-electron chi connectivity index (χ4n) is 2.12. The third-order valence-corrected chi connectivity index (χ3v) is 3.23. The molecule has 0 fully saturated rings. The number of hydrogen-bond donors (Lipinski definition) is 1. The highest BCUT2D eigenvalue weighted by atomic mass is 19.4. The van der Waals surface area contributed by atoms with Crippen LogP contribution >= 0.6 is 0 Å². The van der Waals surface area contributed by atoms with Crippen molar-refractivity contribution in [1.82, 2.24) is 0 Å². The highest BCUT2D eigenvalue weighted by Crippen LogP contribution is 2.29. The number of carbonyl (C=O) groups is 1. The van der Waals surface area contributed by atoms with Gasteiger partial charge in [0.05, 0.1) is 11.0 Å². The van der Waals surface area contributed by atoms with Gasteiger partial charge in [0.25, 0.3) is 5.69 Å². The molecule has 1 aliphatic rings. The molecule has 6 nitrogen and oxygen atoms in total. The second-order valence-electron chi connectivity index (χ2n) is 5.03. The molecule has 0 radical (unpaired) electrons. The standard InChI is InChI=1S/C15H13F3N2O4/c1-9(21)10-2-7-13(14(8-10)20(22)23)19-11-3-5-12(6-4-11)24-15(16,17)18/h2-5,7-8,12,19H,6H2,1H3. The molecule has 24 heavy (non-hydrogen) atoms. The number of Topliss-reactive ketones (excluding diaryl/α,β-unsaturated/α-hetero) is 1. The van der Waals surface area contributed by atoms with Crippen molar-refractivity contribution in [3.63, 3.8) is 0 Å². The van der Waals surface area contributed by atoms with E-state index in [1.807, 2.05) is 0 Å². The Morgan fingerprint density at radius 3 is 2.62 bits per heavy atom. The summed E-state index contributed by atoms with van der Waals surface area (Å²) >= 11 is 0. The molecule has 1 aromatic carbocycles. The molecule has 1 unspecified atom stereocenters. The number of alkyl halides is 3. The van der Waals surface area contributed by atoms with Crippen LogP contribution in [0.2, 0.25) is 0 Å². The molecular formula is C15H13F3N2O4. The van der Waals surface area contributed by atoms with Gasteiger partial charge in [0, 0.05) is 17.3 Å². The van der Waals surface area contributed by atoms with Gasteiger partial charge in [-0.1, -0.05) is 12.2 Å². The Kier molecular flexibility index (Phi) is 5.03. The lowest BCUT2D eigenvalue weighted by molar-refractivity contribution is -0.384. The topological polar surface area (TPSA) is 81.5 Å². The van der Waals surface area contributed by atoms with Crippen LogP contribution in [0.4, 0.5) is 24.5 Å². The van der Waals surface area contributed by atoms with Crippen LogP contribution in [0.1, 0.15) is 23.7 Å². The van der Waals surface area contributed by atoms with Crippen molar-refractivity contribution >= 4 is 17.2 Å². The molecule has 1 N–H and O–H groups in total. The number of nitrogens with one attached hydrogen (secondary N) is 1. The van der Waals surface area contributed by atoms with E-state index in [0.717, 1.165) is 6.07 Å². The predicted molar refractivity (Wildman–Crippen MR) is 79.5 cm³/mol. The van der Waals surface area contributed by atoms with Gasteiger partial charge in [0.15, 0.2) is 5.78 Å². The summed E-state index contributed by atoms with van der Waals surface area (Å²) in [6.45, 7) is 1.29. The first-order valence-corrected chi connectivity index (χ1v) is 6.85. The minimum Gasteiger partial charge on any atom is -0.350 e. The fraction of sp³-hybridized carbons (Fsp3) is 0.267. The molecule has 0 spiro atoms. The zero-order valence-corrected chi connectivity index (χ0v) is 12.5. The number of hydrogen-bond acceptors (Lipinski definition) is 5. The summed E-state index contributed by atoms with van der Waals surface area (Å²) in [7, 11) is 0. The van der Waals surface area contributed by atoms with E-state index in [-0.39, 0.29) is 29.1 Å². The van der Waals surface area contributed by atoms with Gasteiger partial charge >= 0.3 is 6.36 Å². The first-order chi connectivity index (χ1) is 11.2. The summed E-state index contributed by atoms with van der Waals surface area (Å²) in [6.07, 6.45) is -1.88. The van der Waals surface area contributed by atoms with Crippen molar-refractivity contribution < 1.29 is 27.6 Å². The van der Waals surface area contributed by atoms with E-state index in [1.165, 1.54) is 37.3 Å². The van der Waals surface area contributed by atoms with Crippen LogP contribution < -0.4 is 5.32 Å². The Labute approximate surface area is 134 Å². The van der Waals surface area contributed by atoms with Crippen molar-refractivity contribution in [2.75, 3.05) is 5.32 Å². The van der Waals surface area contributed by atoms with Crippen LogP contribution in [0.3, 0.4) is 0 Å². The number of nitrogens with zero attached hydrogens (tertiary/aromatic N) is 1. The molecule has 0 aliphatic heterocycles. The van der Waals surface area contributed by atoms with Crippen molar-refractivity contribution in [2.24, 2.45) is 0 Å². The van der Waals surface area contributed by atoms with E-state index in [2.05, 4.69) is 10.1 Å². The molecule has 2 rings (SSSR count). The molecule has 0 aromatic heterocycles. The number of halogens is 3. The monoisotopic (exact) mass is 342 g/mol. The number of carbonyl (C=O) groups excluding carboxylic acids is 1. The van der Waals surface area contributed by atoms with Gasteiger partial charge in [-0.2, -0.15) is 0 Å². The predicted octanol–water partition coefficient (Wildman–Crippen LogP) is 3.96. The lowest BCUT2D eigenvalue weighted by atomic mass is 10.1. The molecule has 1 aromatic rings. The number of allylic oxidation sites excluding steroid dienone is 1. The Hall–Kier alpha value is -2.68. The third kappa shape index (κ3) is 4.66. The molecule has 0 bridgehead atoms. The second kappa shape index (κ2) is 6.83. The van der Waals surface area contributed by atoms with Gasteiger partial charge in [-0.05, 0) is 31.6 Å². The first-order valence-electron chi connectivity index (χ1n) is 6.85. The smallest absolute Gasteiger partial charge is 0.350 e. The van der Waals surface area contributed by atoms with E-state index in [1.54, 1.807) is 0 Å². The van der Waals surface area contributed by atoms with E-state index in [9.17, 15) is 28.1 Å². The van der Waals surface area contributed by atoms with Crippen LogP contribution in [-0.2, 0) is 4.74 Å². The number of nitro benzene ring substituents is 1. The number of rotatable bonds is 5. The molecule has 1 aliphatic carbocycles. The van der Waals surface area contributed by atoms with Crippen molar-refractivity contribution in [2.45, 2.75) is 25.8 Å².